The van der Waals surface area contributed by atoms with Crippen LogP contribution in [-0.2, 0) is 6.54 Å². The lowest BCUT2D eigenvalue weighted by Crippen LogP contribution is -2.17. The van der Waals surface area contributed by atoms with Crippen molar-refractivity contribution in [1.29, 1.82) is 0 Å². The summed E-state index contributed by atoms with van der Waals surface area (Å²) < 4.78 is 26.8. The molecule has 2 rings (SSSR count). The van der Waals surface area contributed by atoms with Crippen LogP contribution in [0.2, 0.25) is 0 Å². The third-order valence-electron chi connectivity index (χ3n) is 2.93. The van der Waals surface area contributed by atoms with Crippen molar-refractivity contribution in [3.05, 3.63) is 59.7 Å². The normalized spacial score (nSPS) is 10.5. The molecular weight excluding hydrogens is 246 g/mol. The average Bonchev–Trinajstić information content (AvgIpc) is 2.39. The quantitative estimate of drug-likeness (QED) is 0.912. The SMILES string of the molecule is CCN(c1cccc(F)c1)c1cc(F)cc(CN)c1. The Kier molecular flexibility index (Phi) is 4.12. The fraction of sp³-hybridized carbons (Fsp3) is 0.200. The van der Waals surface area contributed by atoms with Crippen LogP contribution in [0.1, 0.15) is 12.5 Å². The van der Waals surface area contributed by atoms with E-state index in [1.807, 2.05) is 17.9 Å². The van der Waals surface area contributed by atoms with Crippen molar-refractivity contribution in [3.63, 3.8) is 0 Å². The Morgan fingerprint density at radius 3 is 2.37 bits per heavy atom. The van der Waals surface area contributed by atoms with Crippen LogP contribution >= 0.6 is 0 Å². The number of anilines is 2. The van der Waals surface area contributed by atoms with E-state index in [1.54, 1.807) is 12.1 Å². The maximum Gasteiger partial charge on any atom is 0.125 e. The van der Waals surface area contributed by atoms with Crippen LogP contribution in [0.5, 0.6) is 0 Å². The zero-order valence-corrected chi connectivity index (χ0v) is 10.7. The van der Waals surface area contributed by atoms with Gasteiger partial charge in [-0.05, 0) is 48.9 Å². The number of hydrogen-bond acceptors (Lipinski definition) is 2. The molecule has 2 N–H and O–H groups in total. The molecular formula is C15H16F2N2. The fourth-order valence-electron chi connectivity index (χ4n) is 2.07. The highest BCUT2D eigenvalue weighted by Gasteiger charge is 2.10. The van der Waals surface area contributed by atoms with Crippen LogP contribution in [0, 0.1) is 11.6 Å². The highest BCUT2D eigenvalue weighted by molar-refractivity contribution is 5.63. The zero-order chi connectivity index (χ0) is 13.8. The summed E-state index contributed by atoms with van der Waals surface area (Å²) >= 11 is 0. The summed E-state index contributed by atoms with van der Waals surface area (Å²) in [7, 11) is 0. The van der Waals surface area contributed by atoms with Gasteiger partial charge in [-0.2, -0.15) is 0 Å². The first-order valence-electron chi connectivity index (χ1n) is 6.16. The van der Waals surface area contributed by atoms with E-state index in [1.165, 1.54) is 24.3 Å². The minimum absolute atomic E-state index is 0.269. The van der Waals surface area contributed by atoms with Crippen LogP contribution in [0.3, 0.4) is 0 Å². The van der Waals surface area contributed by atoms with Crippen molar-refractivity contribution >= 4 is 11.4 Å². The van der Waals surface area contributed by atoms with Crippen LogP contribution in [0.15, 0.2) is 42.5 Å². The van der Waals surface area contributed by atoms with E-state index in [-0.39, 0.29) is 18.2 Å². The molecule has 0 saturated carbocycles. The molecule has 0 aliphatic carbocycles. The second-order valence-electron chi connectivity index (χ2n) is 4.25. The third kappa shape index (κ3) is 3.09. The fourth-order valence-corrected chi connectivity index (χ4v) is 2.07. The van der Waals surface area contributed by atoms with E-state index in [4.69, 9.17) is 5.73 Å². The molecule has 0 radical (unpaired) electrons. The Bertz CT molecular complexity index is 570. The average molecular weight is 262 g/mol. The van der Waals surface area contributed by atoms with Gasteiger partial charge in [0.05, 0.1) is 0 Å². The summed E-state index contributed by atoms with van der Waals surface area (Å²) in [6.07, 6.45) is 0. The molecule has 0 aromatic heterocycles. The molecule has 2 aromatic rings. The molecule has 100 valence electrons. The number of halogens is 2. The highest BCUT2D eigenvalue weighted by atomic mass is 19.1. The largest absolute Gasteiger partial charge is 0.342 e. The molecule has 0 atom stereocenters. The maximum absolute atomic E-state index is 13.6. The topological polar surface area (TPSA) is 29.3 Å². The Morgan fingerprint density at radius 2 is 1.74 bits per heavy atom. The van der Waals surface area contributed by atoms with Gasteiger partial charge in [0.15, 0.2) is 0 Å². The second-order valence-corrected chi connectivity index (χ2v) is 4.25. The minimum Gasteiger partial charge on any atom is -0.342 e. The Balaban J connectivity index is 2.44. The van der Waals surface area contributed by atoms with E-state index >= 15 is 0 Å². The van der Waals surface area contributed by atoms with Crippen molar-refractivity contribution in [2.45, 2.75) is 13.5 Å². The monoisotopic (exact) mass is 262 g/mol. The van der Waals surface area contributed by atoms with E-state index in [0.29, 0.717) is 23.5 Å². The van der Waals surface area contributed by atoms with Gasteiger partial charge in [-0.25, -0.2) is 8.78 Å². The third-order valence-corrected chi connectivity index (χ3v) is 2.93. The number of benzene rings is 2. The predicted octanol–water partition coefficient (Wildman–Crippen LogP) is 3.58. The summed E-state index contributed by atoms with van der Waals surface area (Å²) in [5, 5.41) is 0. The molecule has 0 spiro atoms. The van der Waals surface area contributed by atoms with Gasteiger partial charge in [0, 0.05) is 24.5 Å². The molecule has 2 nitrogen and oxygen atoms in total. The van der Waals surface area contributed by atoms with Gasteiger partial charge in [0.1, 0.15) is 11.6 Å². The zero-order valence-electron chi connectivity index (χ0n) is 10.7. The summed E-state index contributed by atoms with van der Waals surface area (Å²) in [6.45, 7) is 2.81. The van der Waals surface area contributed by atoms with Gasteiger partial charge in [-0.3, -0.25) is 0 Å². The van der Waals surface area contributed by atoms with Crippen LogP contribution in [0.25, 0.3) is 0 Å². The first-order valence-corrected chi connectivity index (χ1v) is 6.16. The summed E-state index contributed by atoms with van der Waals surface area (Å²) in [5.41, 5.74) is 7.63. The molecule has 0 saturated heterocycles. The number of rotatable bonds is 4. The lowest BCUT2D eigenvalue weighted by atomic mass is 10.1. The smallest absolute Gasteiger partial charge is 0.125 e. The predicted molar refractivity (Wildman–Crippen MR) is 73.4 cm³/mol. The van der Waals surface area contributed by atoms with Gasteiger partial charge >= 0.3 is 0 Å². The van der Waals surface area contributed by atoms with Crippen molar-refractivity contribution in [2.24, 2.45) is 5.73 Å². The van der Waals surface area contributed by atoms with Gasteiger partial charge in [0.25, 0.3) is 0 Å². The first kappa shape index (κ1) is 13.5. The van der Waals surface area contributed by atoms with Gasteiger partial charge in [0.2, 0.25) is 0 Å². The van der Waals surface area contributed by atoms with Crippen LogP contribution in [-0.4, -0.2) is 6.54 Å². The molecule has 0 aliphatic rings. The molecule has 0 heterocycles. The molecule has 0 bridgehead atoms. The number of nitrogens with two attached hydrogens (primary N) is 1. The molecule has 0 amide bonds. The number of hydrogen-bond donors (Lipinski definition) is 1. The van der Waals surface area contributed by atoms with Crippen molar-refractivity contribution in [2.75, 3.05) is 11.4 Å². The van der Waals surface area contributed by atoms with Gasteiger partial charge in [-0.1, -0.05) is 6.07 Å². The standard InChI is InChI=1S/C15H16F2N2/c1-2-19(14-5-3-4-12(16)8-14)15-7-11(10-18)6-13(17)9-15/h3-9H,2,10,18H2,1H3. The van der Waals surface area contributed by atoms with E-state index in [0.717, 1.165) is 0 Å². The second kappa shape index (κ2) is 5.80. The first-order chi connectivity index (χ1) is 9.13. The van der Waals surface area contributed by atoms with Crippen LogP contribution in [0.4, 0.5) is 20.2 Å². The highest BCUT2D eigenvalue weighted by Crippen LogP contribution is 2.27. The molecule has 0 unspecified atom stereocenters. The lowest BCUT2D eigenvalue weighted by Gasteiger charge is -2.24. The summed E-state index contributed by atoms with van der Waals surface area (Å²) in [5.74, 6) is -0.654. The molecule has 2 aromatic carbocycles. The molecule has 0 aliphatic heterocycles. The molecule has 0 fully saturated rings. The van der Waals surface area contributed by atoms with Crippen molar-refractivity contribution < 1.29 is 8.78 Å². The Hall–Kier alpha value is -1.94. The number of nitrogens with zero attached hydrogens (tertiary/aromatic N) is 1. The van der Waals surface area contributed by atoms with E-state index in [2.05, 4.69) is 0 Å². The maximum atomic E-state index is 13.6. The minimum atomic E-state index is -0.340. The lowest BCUT2D eigenvalue weighted by molar-refractivity contribution is 0.624. The van der Waals surface area contributed by atoms with E-state index < -0.39 is 0 Å². The molecule has 4 heteroatoms. The Morgan fingerprint density at radius 1 is 1.00 bits per heavy atom. The Labute approximate surface area is 111 Å². The van der Waals surface area contributed by atoms with Gasteiger partial charge in [-0.15, -0.1) is 0 Å². The van der Waals surface area contributed by atoms with E-state index in [9.17, 15) is 8.78 Å². The van der Waals surface area contributed by atoms with Crippen molar-refractivity contribution in [3.8, 4) is 0 Å². The van der Waals surface area contributed by atoms with Gasteiger partial charge < -0.3 is 10.6 Å². The summed E-state index contributed by atoms with van der Waals surface area (Å²) in [4.78, 5) is 1.84. The molecule has 19 heavy (non-hydrogen) atoms. The van der Waals surface area contributed by atoms with Crippen molar-refractivity contribution in [1.82, 2.24) is 0 Å². The van der Waals surface area contributed by atoms with Crippen LogP contribution < -0.4 is 10.6 Å². The summed E-state index contributed by atoms with van der Waals surface area (Å²) in [6, 6.07) is 10.9.